The van der Waals surface area contributed by atoms with Crippen molar-refractivity contribution in [3.05, 3.63) is 41.4 Å². The number of amides is 1. The van der Waals surface area contributed by atoms with Crippen molar-refractivity contribution >= 4 is 17.3 Å². The smallest absolute Gasteiger partial charge is 0.282 e. The van der Waals surface area contributed by atoms with Gasteiger partial charge in [-0.2, -0.15) is 10.1 Å². The normalized spacial score (nSPS) is 20.5. The van der Waals surface area contributed by atoms with E-state index in [1.54, 1.807) is 12.1 Å². The minimum Gasteiger partial charge on any atom is -0.378 e. The van der Waals surface area contributed by atoms with Gasteiger partial charge in [0.15, 0.2) is 0 Å². The minimum atomic E-state index is -0.330. The van der Waals surface area contributed by atoms with Gasteiger partial charge in [0, 0.05) is 18.8 Å². The predicted octanol–water partition coefficient (Wildman–Crippen LogP) is 2.93. The van der Waals surface area contributed by atoms with Crippen molar-refractivity contribution < 1.29 is 13.9 Å². The summed E-state index contributed by atoms with van der Waals surface area (Å²) in [6.45, 7) is 6.92. The topological polar surface area (TPSA) is 45.1 Å². The van der Waals surface area contributed by atoms with Crippen LogP contribution in [-0.4, -0.2) is 42.8 Å². The van der Waals surface area contributed by atoms with Gasteiger partial charge in [0.05, 0.1) is 30.2 Å². The first-order valence-electron chi connectivity index (χ1n) is 8.33. The highest BCUT2D eigenvalue weighted by Gasteiger charge is 2.33. The first-order valence-corrected chi connectivity index (χ1v) is 8.33. The Morgan fingerprint density at radius 1 is 1.25 bits per heavy atom. The van der Waals surface area contributed by atoms with E-state index in [1.165, 1.54) is 17.1 Å². The van der Waals surface area contributed by atoms with Crippen LogP contribution in [-0.2, 0) is 9.53 Å². The fourth-order valence-electron chi connectivity index (χ4n) is 3.03. The molecule has 1 aromatic carbocycles. The lowest BCUT2D eigenvalue weighted by molar-refractivity contribution is -0.114. The molecule has 0 spiro atoms. The zero-order chi connectivity index (χ0) is 17.1. The third-order valence-electron chi connectivity index (χ3n) is 4.32. The highest BCUT2D eigenvalue weighted by molar-refractivity contribution is 6.30. The van der Waals surface area contributed by atoms with E-state index in [1.807, 2.05) is 6.92 Å². The Kier molecular flexibility index (Phi) is 4.94. The molecule has 1 fully saturated rings. The van der Waals surface area contributed by atoms with Crippen LogP contribution in [0.15, 0.2) is 40.6 Å². The van der Waals surface area contributed by atoms with E-state index in [0.717, 1.165) is 37.3 Å². The highest BCUT2D eigenvalue weighted by Crippen LogP contribution is 2.28. The number of carbonyl (C=O) groups is 1. The van der Waals surface area contributed by atoms with Gasteiger partial charge in [0.1, 0.15) is 5.82 Å². The fraction of sp³-hybridized carbons (Fsp3) is 0.444. The Balaban J connectivity index is 1.95. The van der Waals surface area contributed by atoms with Crippen LogP contribution in [0.2, 0.25) is 0 Å². The van der Waals surface area contributed by atoms with Gasteiger partial charge in [0.2, 0.25) is 0 Å². The molecule has 1 aromatic rings. The Bertz CT molecular complexity index is 676. The summed E-state index contributed by atoms with van der Waals surface area (Å²) < 4.78 is 18.5. The van der Waals surface area contributed by atoms with E-state index < -0.39 is 0 Å². The number of hydrogen-bond donors (Lipinski definition) is 0. The summed E-state index contributed by atoms with van der Waals surface area (Å²) in [5.41, 5.74) is 3.00. The number of morpholine rings is 1. The quantitative estimate of drug-likeness (QED) is 0.797. The Morgan fingerprint density at radius 3 is 2.54 bits per heavy atom. The first kappa shape index (κ1) is 16.6. The lowest BCUT2D eigenvalue weighted by Crippen LogP contribution is -2.37. The second kappa shape index (κ2) is 7.13. The lowest BCUT2D eigenvalue weighted by atomic mass is 10.0. The number of rotatable bonds is 4. The van der Waals surface area contributed by atoms with Crippen molar-refractivity contribution in [3.63, 3.8) is 0 Å². The summed E-state index contributed by atoms with van der Waals surface area (Å²) in [6.07, 6.45) is 1.64. The van der Waals surface area contributed by atoms with Gasteiger partial charge in [-0.05, 0) is 37.6 Å². The summed E-state index contributed by atoms with van der Waals surface area (Å²) in [6, 6.07) is 5.84. The molecular weight excluding hydrogens is 309 g/mol. The molecule has 0 unspecified atom stereocenters. The van der Waals surface area contributed by atoms with Crippen LogP contribution in [0, 0.1) is 5.82 Å². The predicted molar refractivity (Wildman–Crippen MR) is 91.3 cm³/mol. The minimum absolute atomic E-state index is 0.144. The van der Waals surface area contributed by atoms with E-state index in [9.17, 15) is 9.18 Å². The first-order chi connectivity index (χ1) is 11.6. The number of anilines is 1. The molecule has 3 rings (SSSR count). The molecule has 0 aliphatic carbocycles. The van der Waals surface area contributed by atoms with Crippen LogP contribution in [0.1, 0.15) is 26.7 Å². The van der Waals surface area contributed by atoms with Gasteiger partial charge in [-0.15, -0.1) is 0 Å². The molecular formula is C18H22FN3O2. The van der Waals surface area contributed by atoms with Crippen molar-refractivity contribution in [3.8, 4) is 0 Å². The monoisotopic (exact) mass is 331 g/mol. The van der Waals surface area contributed by atoms with E-state index in [0.29, 0.717) is 24.5 Å². The highest BCUT2D eigenvalue weighted by atomic mass is 19.1. The zero-order valence-electron chi connectivity index (χ0n) is 14.1. The van der Waals surface area contributed by atoms with E-state index in [-0.39, 0.29) is 11.7 Å². The molecule has 5 nitrogen and oxygen atoms in total. The van der Waals surface area contributed by atoms with Gasteiger partial charge in [-0.25, -0.2) is 4.39 Å². The summed E-state index contributed by atoms with van der Waals surface area (Å²) in [5.74, 6) is -0.475. The Labute approximate surface area is 141 Å². The number of ether oxygens (including phenoxy) is 1. The van der Waals surface area contributed by atoms with Crippen molar-refractivity contribution in [2.45, 2.75) is 26.7 Å². The third-order valence-corrected chi connectivity index (χ3v) is 4.32. The average molecular weight is 331 g/mol. The van der Waals surface area contributed by atoms with Gasteiger partial charge < -0.3 is 9.64 Å². The molecule has 0 saturated carbocycles. The van der Waals surface area contributed by atoms with Crippen molar-refractivity contribution in [2.24, 2.45) is 5.10 Å². The molecule has 2 aliphatic rings. The second-order valence-electron chi connectivity index (χ2n) is 5.95. The maximum absolute atomic E-state index is 13.1. The molecule has 0 bridgehead atoms. The zero-order valence-corrected chi connectivity index (χ0v) is 14.1. The second-order valence-corrected chi connectivity index (χ2v) is 5.95. The lowest BCUT2D eigenvalue weighted by Gasteiger charge is -2.30. The molecule has 0 aromatic heterocycles. The number of halogens is 1. The molecule has 2 aliphatic heterocycles. The third kappa shape index (κ3) is 3.19. The van der Waals surface area contributed by atoms with Gasteiger partial charge in [0.25, 0.3) is 5.91 Å². The number of benzene rings is 1. The molecule has 1 amide bonds. The fourth-order valence-corrected chi connectivity index (χ4v) is 3.03. The standard InChI is InChI=1S/C18H22FN3O2/c1-3-4-16-17(13(2)21-9-11-24-12-10-21)18(23)22(20-16)15-7-5-14(19)6-8-15/h5-8H,3-4,9-12H2,1-2H3/b17-13-. The number of hydrogen-bond acceptors (Lipinski definition) is 4. The molecule has 1 saturated heterocycles. The summed E-state index contributed by atoms with van der Waals surface area (Å²) >= 11 is 0. The van der Waals surface area contributed by atoms with Gasteiger partial charge >= 0.3 is 0 Å². The molecule has 0 radical (unpaired) electrons. The van der Waals surface area contributed by atoms with Gasteiger partial charge in [-0.1, -0.05) is 13.3 Å². The van der Waals surface area contributed by atoms with E-state index in [2.05, 4.69) is 16.9 Å². The van der Waals surface area contributed by atoms with Crippen LogP contribution in [0.25, 0.3) is 0 Å². The van der Waals surface area contributed by atoms with Crippen LogP contribution in [0.3, 0.4) is 0 Å². The summed E-state index contributed by atoms with van der Waals surface area (Å²) in [7, 11) is 0. The molecule has 0 N–H and O–H groups in total. The number of nitrogens with zero attached hydrogens (tertiary/aromatic N) is 3. The molecule has 0 atom stereocenters. The van der Waals surface area contributed by atoms with E-state index >= 15 is 0 Å². The molecule has 2 heterocycles. The number of allylic oxidation sites excluding steroid dienone is 1. The van der Waals surface area contributed by atoms with Crippen LogP contribution < -0.4 is 5.01 Å². The Morgan fingerprint density at radius 2 is 1.92 bits per heavy atom. The SMILES string of the molecule is CCCC1=NN(c2ccc(F)cc2)C(=O)/C1=C(/C)N1CCOCC1. The molecule has 24 heavy (non-hydrogen) atoms. The molecule has 128 valence electrons. The maximum Gasteiger partial charge on any atom is 0.282 e. The van der Waals surface area contributed by atoms with Crippen molar-refractivity contribution in [2.75, 3.05) is 31.3 Å². The van der Waals surface area contributed by atoms with Crippen LogP contribution >= 0.6 is 0 Å². The van der Waals surface area contributed by atoms with Crippen LogP contribution in [0.5, 0.6) is 0 Å². The summed E-state index contributed by atoms with van der Waals surface area (Å²) in [4.78, 5) is 15.1. The number of hydrazone groups is 1. The summed E-state index contributed by atoms with van der Waals surface area (Å²) in [5, 5.41) is 5.90. The molecule has 6 heteroatoms. The van der Waals surface area contributed by atoms with Crippen LogP contribution in [0.4, 0.5) is 10.1 Å². The number of carbonyl (C=O) groups excluding carboxylic acids is 1. The Hall–Kier alpha value is -2.21. The largest absolute Gasteiger partial charge is 0.378 e. The van der Waals surface area contributed by atoms with Crippen molar-refractivity contribution in [1.82, 2.24) is 4.90 Å². The average Bonchev–Trinajstić information content (AvgIpc) is 2.92. The van der Waals surface area contributed by atoms with E-state index in [4.69, 9.17) is 4.74 Å². The maximum atomic E-state index is 13.1. The van der Waals surface area contributed by atoms with Crippen molar-refractivity contribution in [1.29, 1.82) is 0 Å². The van der Waals surface area contributed by atoms with Gasteiger partial charge in [-0.3, -0.25) is 4.79 Å².